The highest BCUT2D eigenvalue weighted by Crippen LogP contribution is 2.20. The molecule has 3 rings (SSSR count). The topological polar surface area (TPSA) is 64.6 Å². The van der Waals surface area contributed by atoms with Crippen molar-refractivity contribution in [1.82, 2.24) is 20.2 Å². The number of anilines is 2. The number of hydrogen-bond acceptors (Lipinski definition) is 6. The van der Waals surface area contributed by atoms with E-state index in [9.17, 15) is 4.79 Å². The van der Waals surface area contributed by atoms with Crippen LogP contribution in [0.4, 0.5) is 11.8 Å². The monoisotopic (exact) mass is 418 g/mol. The van der Waals surface area contributed by atoms with Crippen molar-refractivity contribution in [1.29, 1.82) is 0 Å². The van der Waals surface area contributed by atoms with Crippen molar-refractivity contribution in [2.75, 3.05) is 63.2 Å². The van der Waals surface area contributed by atoms with E-state index in [0.29, 0.717) is 12.3 Å². The summed E-state index contributed by atoms with van der Waals surface area (Å²) in [6, 6.07) is 1.95. The Labute approximate surface area is 174 Å². The predicted molar refractivity (Wildman–Crippen MR) is 114 cm³/mol. The summed E-state index contributed by atoms with van der Waals surface area (Å²) in [4.78, 5) is 27.5. The average molecular weight is 419 g/mol. The Morgan fingerprint density at radius 3 is 2.48 bits per heavy atom. The van der Waals surface area contributed by atoms with Crippen LogP contribution in [0.1, 0.15) is 25.7 Å². The summed E-state index contributed by atoms with van der Waals surface area (Å²) in [5.41, 5.74) is 0. The number of rotatable bonds is 5. The number of carbonyl (C=O) groups excluding carboxylic acids is 1. The van der Waals surface area contributed by atoms with E-state index in [0.717, 1.165) is 63.4 Å². The molecule has 7 nitrogen and oxygen atoms in total. The van der Waals surface area contributed by atoms with E-state index in [1.54, 1.807) is 6.20 Å². The number of piperidine rings is 1. The second-order valence-electron chi connectivity index (χ2n) is 7.21. The molecule has 3 heterocycles. The molecule has 27 heavy (non-hydrogen) atoms. The summed E-state index contributed by atoms with van der Waals surface area (Å²) in [5.74, 6) is 2.70. The smallest absolute Gasteiger partial charge is 0.226 e. The van der Waals surface area contributed by atoms with Crippen LogP contribution in [-0.4, -0.2) is 74.1 Å². The zero-order chi connectivity index (χ0) is 17.6. The molecule has 1 aromatic heterocycles. The molecule has 1 amide bonds. The lowest BCUT2D eigenvalue weighted by Gasteiger charge is -2.36. The summed E-state index contributed by atoms with van der Waals surface area (Å²) in [7, 11) is 3.89. The minimum Gasteiger partial charge on any atom is -0.353 e. The first-order valence-corrected chi connectivity index (χ1v) is 9.37. The van der Waals surface area contributed by atoms with Crippen molar-refractivity contribution in [3.63, 3.8) is 0 Å². The van der Waals surface area contributed by atoms with Crippen molar-refractivity contribution >= 4 is 42.5 Å². The minimum absolute atomic E-state index is 0. The fourth-order valence-corrected chi connectivity index (χ4v) is 3.57. The number of carbonyl (C=O) groups is 1. The maximum absolute atomic E-state index is 12.5. The SMILES string of the molecule is CN(C)c1nccc(N2CCN(C(=O)CCC3CCNCC3)CC2)n1.Cl.Cl. The zero-order valence-electron chi connectivity index (χ0n) is 16.3. The van der Waals surface area contributed by atoms with Crippen LogP contribution in [0.3, 0.4) is 0 Å². The summed E-state index contributed by atoms with van der Waals surface area (Å²) < 4.78 is 0. The number of nitrogens with zero attached hydrogens (tertiary/aromatic N) is 5. The molecule has 2 aliphatic rings. The highest BCUT2D eigenvalue weighted by atomic mass is 35.5. The van der Waals surface area contributed by atoms with Crippen molar-refractivity contribution in [3.05, 3.63) is 12.3 Å². The second kappa shape index (κ2) is 11.5. The lowest BCUT2D eigenvalue weighted by Crippen LogP contribution is -2.49. The van der Waals surface area contributed by atoms with Gasteiger partial charge in [-0.15, -0.1) is 24.8 Å². The maximum atomic E-state index is 12.5. The molecule has 0 bridgehead atoms. The predicted octanol–water partition coefficient (Wildman–Crippen LogP) is 1.81. The molecule has 0 atom stereocenters. The Hall–Kier alpha value is -1.31. The van der Waals surface area contributed by atoms with E-state index in [4.69, 9.17) is 0 Å². The van der Waals surface area contributed by atoms with Crippen molar-refractivity contribution < 1.29 is 4.79 Å². The van der Waals surface area contributed by atoms with E-state index < -0.39 is 0 Å². The Kier molecular flexibility index (Phi) is 10.1. The third-order valence-corrected chi connectivity index (χ3v) is 5.21. The third-order valence-electron chi connectivity index (χ3n) is 5.21. The minimum atomic E-state index is 0. The molecule has 1 aromatic rings. The van der Waals surface area contributed by atoms with E-state index in [1.807, 2.05) is 30.0 Å². The van der Waals surface area contributed by atoms with Gasteiger partial charge in [0.15, 0.2) is 0 Å². The van der Waals surface area contributed by atoms with E-state index in [1.165, 1.54) is 12.8 Å². The van der Waals surface area contributed by atoms with E-state index in [-0.39, 0.29) is 24.8 Å². The lowest BCUT2D eigenvalue weighted by molar-refractivity contribution is -0.131. The molecule has 2 fully saturated rings. The number of piperazine rings is 1. The molecular formula is C18H32Cl2N6O. The van der Waals surface area contributed by atoms with Gasteiger partial charge < -0.3 is 20.0 Å². The van der Waals surface area contributed by atoms with Crippen molar-refractivity contribution in [3.8, 4) is 0 Å². The van der Waals surface area contributed by atoms with Crippen LogP contribution < -0.4 is 15.1 Å². The van der Waals surface area contributed by atoms with Gasteiger partial charge in [-0.2, -0.15) is 4.98 Å². The van der Waals surface area contributed by atoms with Gasteiger partial charge >= 0.3 is 0 Å². The van der Waals surface area contributed by atoms with Crippen LogP contribution in [0.5, 0.6) is 0 Å². The summed E-state index contributed by atoms with van der Waals surface area (Å²) in [6.07, 6.45) is 5.96. The first kappa shape index (κ1) is 23.7. The Morgan fingerprint density at radius 2 is 1.85 bits per heavy atom. The van der Waals surface area contributed by atoms with Gasteiger partial charge in [0.1, 0.15) is 5.82 Å². The number of nitrogens with one attached hydrogen (secondary N) is 1. The van der Waals surface area contributed by atoms with E-state index >= 15 is 0 Å². The first-order valence-electron chi connectivity index (χ1n) is 9.37. The van der Waals surface area contributed by atoms with Crippen LogP contribution in [0, 0.1) is 5.92 Å². The zero-order valence-corrected chi connectivity index (χ0v) is 17.9. The van der Waals surface area contributed by atoms with Crippen LogP contribution in [0.15, 0.2) is 12.3 Å². The number of aromatic nitrogens is 2. The molecule has 0 aromatic carbocycles. The van der Waals surface area contributed by atoms with Gasteiger partial charge in [-0.3, -0.25) is 4.79 Å². The van der Waals surface area contributed by atoms with E-state index in [2.05, 4.69) is 20.2 Å². The number of halogens is 2. The number of amides is 1. The Morgan fingerprint density at radius 1 is 1.19 bits per heavy atom. The highest BCUT2D eigenvalue weighted by Gasteiger charge is 2.23. The molecule has 9 heteroatoms. The van der Waals surface area contributed by atoms with Gasteiger partial charge in [0.05, 0.1) is 0 Å². The lowest BCUT2D eigenvalue weighted by atomic mass is 9.93. The quantitative estimate of drug-likeness (QED) is 0.786. The molecule has 0 spiro atoms. The second-order valence-corrected chi connectivity index (χ2v) is 7.21. The molecule has 0 radical (unpaired) electrons. The van der Waals surface area contributed by atoms with Crippen LogP contribution in [0.25, 0.3) is 0 Å². The van der Waals surface area contributed by atoms with Gasteiger partial charge in [0.25, 0.3) is 0 Å². The Bertz CT molecular complexity index is 575. The van der Waals surface area contributed by atoms with Crippen molar-refractivity contribution in [2.24, 2.45) is 5.92 Å². The molecule has 2 saturated heterocycles. The normalized spacial score (nSPS) is 17.7. The molecule has 154 valence electrons. The number of hydrogen-bond donors (Lipinski definition) is 1. The fourth-order valence-electron chi connectivity index (χ4n) is 3.57. The molecule has 2 aliphatic heterocycles. The van der Waals surface area contributed by atoms with Gasteiger partial charge in [0.2, 0.25) is 11.9 Å². The largest absolute Gasteiger partial charge is 0.353 e. The summed E-state index contributed by atoms with van der Waals surface area (Å²) in [6.45, 7) is 5.45. The summed E-state index contributed by atoms with van der Waals surface area (Å²) in [5, 5.41) is 3.38. The van der Waals surface area contributed by atoms with Gasteiger partial charge in [0, 0.05) is 52.9 Å². The molecular weight excluding hydrogens is 387 g/mol. The third kappa shape index (κ3) is 6.66. The van der Waals surface area contributed by atoms with Gasteiger partial charge in [-0.05, 0) is 44.3 Å². The fraction of sp³-hybridized carbons (Fsp3) is 0.722. The van der Waals surface area contributed by atoms with Gasteiger partial charge in [-0.1, -0.05) is 0 Å². The highest BCUT2D eigenvalue weighted by molar-refractivity contribution is 5.85. The van der Waals surface area contributed by atoms with Crippen LogP contribution in [0.2, 0.25) is 0 Å². The van der Waals surface area contributed by atoms with Crippen LogP contribution in [-0.2, 0) is 4.79 Å². The molecule has 1 N–H and O–H groups in total. The van der Waals surface area contributed by atoms with Crippen molar-refractivity contribution in [2.45, 2.75) is 25.7 Å². The summed E-state index contributed by atoms with van der Waals surface area (Å²) >= 11 is 0. The molecule has 0 unspecified atom stereocenters. The standard InChI is InChI=1S/C18H30N6O.2ClH/c1-22(2)18-20-10-7-16(21-18)23-11-13-24(14-12-23)17(25)4-3-15-5-8-19-9-6-15;;/h7,10,15,19H,3-6,8-9,11-14H2,1-2H3;2*1H. The first-order chi connectivity index (χ1) is 12.1. The maximum Gasteiger partial charge on any atom is 0.226 e. The molecule has 0 aliphatic carbocycles. The average Bonchev–Trinajstić information content (AvgIpc) is 2.67. The van der Waals surface area contributed by atoms with Gasteiger partial charge in [-0.25, -0.2) is 4.98 Å². The Balaban J connectivity index is 0.00000182. The molecule has 0 saturated carbocycles. The van der Waals surface area contributed by atoms with Crippen LogP contribution >= 0.6 is 24.8 Å².